The highest BCUT2D eigenvalue weighted by Gasteiger charge is 2.27. The molecule has 2 fully saturated rings. The van der Waals surface area contributed by atoms with E-state index in [0.717, 1.165) is 25.8 Å². The number of halogens is 1. The second-order valence-corrected chi connectivity index (χ2v) is 4.96. The largest absolute Gasteiger partial charge is 0.311 e. The van der Waals surface area contributed by atoms with Gasteiger partial charge >= 0.3 is 0 Å². The van der Waals surface area contributed by atoms with Crippen molar-refractivity contribution in [2.45, 2.75) is 63.6 Å². The number of hydrogen-bond acceptors (Lipinski definition) is 1. The first-order valence-corrected chi connectivity index (χ1v) is 6.24. The van der Waals surface area contributed by atoms with Crippen molar-refractivity contribution < 1.29 is 4.39 Å². The first-order chi connectivity index (χ1) is 6.86. The fourth-order valence-electron chi connectivity index (χ4n) is 2.93. The van der Waals surface area contributed by atoms with Gasteiger partial charge in [-0.2, -0.15) is 0 Å². The zero-order valence-electron chi connectivity index (χ0n) is 8.97. The highest BCUT2D eigenvalue weighted by Crippen LogP contribution is 2.29. The average molecular weight is 199 g/mol. The molecular weight excluding hydrogens is 177 g/mol. The second-order valence-electron chi connectivity index (χ2n) is 4.96. The van der Waals surface area contributed by atoms with Crippen LogP contribution < -0.4 is 5.32 Å². The number of alkyl halides is 1. The van der Waals surface area contributed by atoms with Crippen LogP contribution in [0.15, 0.2) is 0 Å². The first kappa shape index (κ1) is 10.4. The van der Waals surface area contributed by atoms with Gasteiger partial charge in [0.25, 0.3) is 0 Å². The maximum absolute atomic E-state index is 13.8. The Kier molecular flexibility index (Phi) is 3.80. The summed E-state index contributed by atoms with van der Waals surface area (Å²) in [7, 11) is 0. The van der Waals surface area contributed by atoms with Crippen LogP contribution in [-0.2, 0) is 0 Å². The van der Waals surface area contributed by atoms with Crippen LogP contribution in [0.1, 0.15) is 51.4 Å². The average Bonchev–Trinajstić information content (AvgIpc) is 2.72. The van der Waals surface area contributed by atoms with Gasteiger partial charge in [0.15, 0.2) is 0 Å². The smallest absolute Gasteiger partial charge is 0.116 e. The highest BCUT2D eigenvalue weighted by molar-refractivity contribution is 4.83. The molecule has 1 saturated carbocycles. The highest BCUT2D eigenvalue weighted by atomic mass is 19.1. The van der Waals surface area contributed by atoms with E-state index in [1.807, 2.05) is 0 Å². The summed E-state index contributed by atoms with van der Waals surface area (Å²) in [6, 6.07) is 0.178. The SMILES string of the molecule is FC(CC1CCCCC1)C1CCCN1. The van der Waals surface area contributed by atoms with Gasteiger partial charge in [0.2, 0.25) is 0 Å². The molecule has 2 aliphatic rings. The Labute approximate surface area is 86.5 Å². The Balaban J connectivity index is 1.72. The predicted octanol–water partition coefficient (Wildman–Crippen LogP) is 3.05. The Bertz CT molecular complexity index is 160. The van der Waals surface area contributed by atoms with E-state index in [9.17, 15) is 4.39 Å². The molecule has 1 nitrogen and oxygen atoms in total. The molecule has 1 N–H and O–H groups in total. The van der Waals surface area contributed by atoms with Crippen LogP contribution >= 0.6 is 0 Å². The van der Waals surface area contributed by atoms with E-state index in [1.54, 1.807) is 0 Å². The lowest BCUT2D eigenvalue weighted by Crippen LogP contribution is -2.33. The van der Waals surface area contributed by atoms with E-state index < -0.39 is 6.17 Å². The molecular formula is C12H22FN. The number of nitrogens with one attached hydrogen (secondary N) is 1. The van der Waals surface area contributed by atoms with Gasteiger partial charge in [0.05, 0.1) is 0 Å². The predicted molar refractivity (Wildman–Crippen MR) is 57.1 cm³/mol. The molecule has 2 unspecified atom stereocenters. The maximum Gasteiger partial charge on any atom is 0.116 e. The normalized spacial score (nSPS) is 31.9. The van der Waals surface area contributed by atoms with Crippen molar-refractivity contribution >= 4 is 0 Å². The van der Waals surface area contributed by atoms with Gasteiger partial charge in [0.1, 0.15) is 6.17 Å². The van der Waals surface area contributed by atoms with Crippen molar-refractivity contribution in [2.24, 2.45) is 5.92 Å². The van der Waals surface area contributed by atoms with Crippen LogP contribution in [-0.4, -0.2) is 18.8 Å². The Morgan fingerprint density at radius 3 is 2.50 bits per heavy atom. The lowest BCUT2D eigenvalue weighted by Gasteiger charge is -2.25. The zero-order valence-corrected chi connectivity index (χ0v) is 8.97. The Hall–Kier alpha value is -0.110. The van der Waals surface area contributed by atoms with Crippen LogP contribution in [0.4, 0.5) is 4.39 Å². The molecule has 1 aliphatic heterocycles. The van der Waals surface area contributed by atoms with E-state index in [1.165, 1.54) is 32.1 Å². The van der Waals surface area contributed by atoms with Gasteiger partial charge in [-0.3, -0.25) is 0 Å². The third kappa shape index (κ3) is 2.69. The summed E-state index contributed by atoms with van der Waals surface area (Å²) in [5, 5.41) is 3.27. The lowest BCUT2D eigenvalue weighted by atomic mass is 9.84. The van der Waals surface area contributed by atoms with Gasteiger partial charge in [-0.05, 0) is 31.7 Å². The van der Waals surface area contributed by atoms with E-state index >= 15 is 0 Å². The topological polar surface area (TPSA) is 12.0 Å². The van der Waals surface area contributed by atoms with Crippen LogP contribution in [0.2, 0.25) is 0 Å². The molecule has 0 amide bonds. The van der Waals surface area contributed by atoms with Crippen molar-refractivity contribution in [3.8, 4) is 0 Å². The first-order valence-electron chi connectivity index (χ1n) is 6.24. The van der Waals surface area contributed by atoms with E-state index in [0.29, 0.717) is 5.92 Å². The van der Waals surface area contributed by atoms with E-state index in [4.69, 9.17) is 0 Å². The molecule has 0 aromatic carbocycles. The Morgan fingerprint density at radius 2 is 1.86 bits per heavy atom. The van der Waals surface area contributed by atoms with Crippen LogP contribution in [0.3, 0.4) is 0 Å². The summed E-state index contributed by atoms with van der Waals surface area (Å²) in [5.74, 6) is 0.682. The van der Waals surface area contributed by atoms with Crippen molar-refractivity contribution in [1.29, 1.82) is 0 Å². The molecule has 0 spiro atoms. The molecule has 2 atom stereocenters. The Morgan fingerprint density at radius 1 is 1.07 bits per heavy atom. The summed E-state index contributed by atoms with van der Waals surface area (Å²) in [5.41, 5.74) is 0. The van der Waals surface area contributed by atoms with Crippen LogP contribution in [0.5, 0.6) is 0 Å². The number of rotatable bonds is 3. The molecule has 1 saturated heterocycles. The fraction of sp³-hybridized carbons (Fsp3) is 1.00. The number of hydrogen-bond donors (Lipinski definition) is 1. The molecule has 0 aromatic rings. The van der Waals surface area contributed by atoms with Crippen LogP contribution in [0, 0.1) is 5.92 Å². The van der Waals surface area contributed by atoms with Crippen molar-refractivity contribution in [1.82, 2.24) is 5.32 Å². The zero-order chi connectivity index (χ0) is 9.80. The molecule has 2 rings (SSSR count). The van der Waals surface area contributed by atoms with Gasteiger partial charge in [-0.25, -0.2) is 4.39 Å². The molecule has 2 heteroatoms. The lowest BCUT2D eigenvalue weighted by molar-refractivity contribution is 0.193. The molecule has 0 radical (unpaired) electrons. The standard InChI is InChI=1S/C12H22FN/c13-11(12-7-4-8-14-12)9-10-5-2-1-3-6-10/h10-12,14H,1-9H2. The second kappa shape index (κ2) is 5.11. The molecule has 82 valence electrons. The monoisotopic (exact) mass is 199 g/mol. The quantitative estimate of drug-likeness (QED) is 0.736. The van der Waals surface area contributed by atoms with Crippen molar-refractivity contribution in [3.05, 3.63) is 0 Å². The minimum Gasteiger partial charge on any atom is -0.311 e. The van der Waals surface area contributed by atoms with E-state index in [-0.39, 0.29) is 6.04 Å². The van der Waals surface area contributed by atoms with Crippen LogP contribution in [0.25, 0.3) is 0 Å². The van der Waals surface area contributed by atoms with Crippen molar-refractivity contribution in [3.63, 3.8) is 0 Å². The molecule has 0 aromatic heterocycles. The van der Waals surface area contributed by atoms with Gasteiger partial charge in [0, 0.05) is 6.04 Å². The molecule has 1 aliphatic carbocycles. The van der Waals surface area contributed by atoms with Gasteiger partial charge in [-0.15, -0.1) is 0 Å². The fourth-order valence-corrected chi connectivity index (χ4v) is 2.93. The molecule has 14 heavy (non-hydrogen) atoms. The molecule has 1 heterocycles. The minimum atomic E-state index is -0.583. The molecule has 0 bridgehead atoms. The third-order valence-electron chi connectivity index (χ3n) is 3.82. The van der Waals surface area contributed by atoms with Gasteiger partial charge in [-0.1, -0.05) is 32.1 Å². The van der Waals surface area contributed by atoms with E-state index in [2.05, 4.69) is 5.32 Å². The third-order valence-corrected chi connectivity index (χ3v) is 3.82. The minimum absolute atomic E-state index is 0.178. The summed E-state index contributed by atoms with van der Waals surface area (Å²) in [6.07, 6.45) is 9.02. The summed E-state index contributed by atoms with van der Waals surface area (Å²) in [6.45, 7) is 1.02. The van der Waals surface area contributed by atoms with Gasteiger partial charge < -0.3 is 5.32 Å². The summed E-state index contributed by atoms with van der Waals surface area (Å²) < 4.78 is 13.8. The van der Waals surface area contributed by atoms with Crippen molar-refractivity contribution in [2.75, 3.05) is 6.54 Å². The summed E-state index contributed by atoms with van der Waals surface area (Å²) >= 11 is 0. The maximum atomic E-state index is 13.8. The summed E-state index contributed by atoms with van der Waals surface area (Å²) in [4.78, 5) is 0.